The summed E-state index contributed by atoms with van der Waals surface area (Å²) in [6.45, 7) is 4.08. The van der Waals surface area contributed by atoms with Crippen LogP contribution in [0, 0.1) is 0 Å². The van der Waals surface area contributed by atoms with E-state index >= 15 is 0 Å². The predicted molar refractivity (Wildman–Crippen MR) is 109 cm³/mol. The Morgan fingerprint density at radius 3 is 2.30 bits per heavy atom. The maximum Gasteiger partial charge on any atom is 0.327 e. The van der Waals surface area contributed by atoms with Crippen molar-refractivity contribution in [1.29, 1.82) is 0 Å². The number of carbonyl (C=O) groups excluding carboxylic acids is 4. The van der Waals surface area contributed by atoms with E-state index in [1.54, 1.807) is 59.5 Å². The molecule has 0 bridgehead atoms. The molecule has 1 heterocycles. The third kappa shape index (κ3) is 4.40. The molecule has 1 aliphatic rings. The van der Waals surface area contributed by atoms with Crippen LogP contribution in [0.15, 0.2) is 54.6 Å². The van der Waals surface area contributed by atoms with E-state index in [4.69, 9.17) is 4.74 Å². The fourth-order valence-electron chi connectivity index (χ4n) is 3.45. The molecule has 0 spiro atoms. The Morgan fingerprint density at radius 1 is 1.00 bits per heavy atom. The van der Waals surface area contributed by atoms with Crippen molar-refractivity contribution < 1.29 is 23.9 Å². The molecule has 1 atom stereocenters. The number of hydrogen-bond donors (Lipinski definition) is 0. The number of esters is 1. The molecule has 156 valence electrons. The van der Waals surface area contributed by atoms with Crippen LogP contribution in [0.1, 0.15) is 41.4 Å². The van der Waals surface area contributed by atoms with Gasteiger partial charge < -0.3 is 9.64 Å². The van der Waals surface area contributed by atoms with E-state index in [0.717, 1.165) is 4.90 Å². The van der Waals surface area contributed by atoms with E-state index in [0.29, 0.717) is 29.8 Å². The third-order valence-corrected chi connectivity index (χ3v) is 5.07. The number of rotatable bonds is 7. The summed E-state index contributed by atoms with van der Waals surface area (Å²) >= 11 is 0. The average Bonchev–Trinajstić information content (AvgIpc) is 2.76. The minimum Gasteiger partial charge on any atom is -0.446 e. The van der Waals surface area contributed by atoms with Gasteiger partial charge in [-0.15, -0.1) is 0 Å². The molecule has 1 aliphatic heterocycles. The number of benzene rings is 2. The molecule has 0 aromatic heterocycles. The number of ether oxygens (including phenoxy) is 1. The maximum atomic E-state index is 12.9. The fraction of sp³-hybridized carbons (Fsp3) is 0.304. The lowest BCUT2D eigenvalue weighted by Gasteiger charge is -2.28. The van der Waals surface area contributed by atoms with E-state index in [-0.39, 0.29) is 12.3 Å². The number of carbonyl (C=O) groups is 4. The van der Waals surface area contributed by atoms with Gasteiger partial charge in [-0.3, -0.25) is 24.1 Å². The van der Waals surface area contributed by atoms with Crippen molar-refractivity contribution in [2.24, 2.45) is 0 Å². The van der Waals surface area contributed by atoms with Gasteiger partial charge in [0.1, 0.15) is 6.54 Å². The molecule has 2 aromatic carbocycles. The van der Waals surface area contributed by atoms with Gasteiger partial charge in [0, 0.05) is 24.2 Å². The second-order valence-corrected chi connectivity index (χ2v) is 6.91. The van der Waals surface area contributed by atoms with Crippen molar-refractivity contribution in [2.45, 2.75) is 26.4 Å². The van der Waals surface area contributed by atoms with Crippen LogP contribution in [-0.2, 0) is 25.5 Å². The molecule has 3 amide bonds. The second kappa shape index (κ2) is 9.35. The van der Waals surface area contributed by atoms with Crippen LogP contribution in [0.5, 0.6) is 0 Å². The normalized spacial score (nSPS) is 14.1. The Balaban J connectivity index is 1.79. The highest BCUT2D eigenvalue weighted by molar-refractivity contribution is 6.11. The molecule has 0 radical (unpaired) electrons. The highest BCUT2D eigenvalue weighted by Gasteiger charge is 2.34. The summed E-state index contributed by atoms with van der Waals surface area (Å²) in [5.74, 6) is -2.17. The van der Waals surface area contributed by atoms with Crippen LogP contribution in [0.4, 0.5) is 0 Å². The van der Waals surface area contributed by atoms with Crippen molar-refractivity contribution in [3.63, 3.8) is 0 Å². The zero-order valence-corrected chi connectivity index (χ0v) is 17.0. The molecule has 30 heavy (non-hydrogen) atoms. The molecular formula is C23H24N2O5. The number of likely N-dealkylation sites (N-methyl/N-ethyl adjacent to an activating group) is 1. The first-order chi connectivity index (χ1) is 14.5. The zero-order valence-electron chi connectivity index (χ0n) is 17.0. The predicted octanol–water partition coefficient (Wildman–Crippen LogP) is 2.36. The SMILES string of the molecule is CCN(CC)C(=O)[C@H](OC(=O)CN1C(=O)Cc2ccccc2C1=O)c1ccccc1. The van der Waals surface area contributed by atoms with Crippen molar-refractivity contribution in [3.8, 4) is 0 Å². The van der Waals surface area contributed by atoms with Gasteiger partial charge in [0.05, 0.1) is 6.42 Å². The summed E-state index contributed by atoms with van der Waals surface area (Å²) in [7, 11) is 0. The number of hydrogen-bond acceptors (Lipinski definition) is 5. The van der Waals surface area contributed by atoms with Crippen LogP contribution < -0.4 is 0 Å². The standard InChI is InChI=1S/C23H24N2O5/c1-3-24(4-2)23(29)21(16-10-6-5-7-11-16)30-20(27)15-25-19(26)14-17-12-8-9-13-18(17)22(25)28/h5-13,21H,3-4,14-15H2,1-2H3/t21-/m1/s1. The van der Waals surface area contributed by atoms with Gasteiger partial charge in [-0.1, -0.05) is 48.5 Å². The zero-order chi connectivity index (χ0) is 21.7. The summed E-state index contributed by atoms with van der Waals surface area (Å²) in [6.07, 6.45) is -1.10. The number of imide groups is 1. The van der Waals surface area contributed by atoms with Crippen molar-refractivity contribution in [3.05, 3.63) is 71.3 Å². The molecule has 0 unspecified atom stereocenters. The summed E-state index contributed by atoms with van der Waals surface area (Å²) in [5, 5.41) is 0. The quantitative estimate of drug-likeness (QED) is 0.519. The highest BCUT2D eigenvalue weighted by atomic mass is 16.5. The number of nitrogens with zero attached hydrogens (tertiary/aromatic N) is 2. The first kappa shape index (κ1) is 21.2. The van der Waals surface area contributed by atoms with Crippen LogP contribution in [0.25, 0.3) is 0 Å². The Kier molecular flexibility index (Phi) is 6.61. The van der Waals surface area contributed by atoms with Crippen LogP contribution in [0.2, 0.25) is 0 Å². The third-order valence-electron chi connectivity index (χ3n) is 5.07. The van der Waals surface area contributed by atoms with E-state index in [9.17, 15) is 19.2 Å². The van der Waals surface area contributed by atoms with Gasteiger partial charge >= 0.3 is 5.97 Å². The molecule has 7 heteroatoms. The monoisotopic (exact) mass is 408 g/mol. The Morgan fingerprint density at radius 2 is 1.63 bits per heavy atom. The van der Waals surface area contributed by atoms with Crippen LogP contribution >= 0.6 is 0 Å². The minimum atomic E-state index is -1.14. The maximum absolute atomic E-state index is 12.9. The van der Waals surface area contributed by atoms with Gasteiger partial charge in [0.25, 0.3) is 11.8 Å². The summed E-state index contributed by atoms with van der Waals surface area (Å²) in [4.78, 5) is 53.1. The fourth-order valence-corrected chi connectivity index (χ4v) is 3.45. The lowest BCUT2D eigenvalue weighted by Crippen LogP contribution is -2.46. The average molecular weight is 408 g/mol. The number of fused-ring (bicyclic) bond motifs is 1. The van der Waals surface area contributed by atoms with Gasteiger partial charge in [-0.05, 0) is 25.5 Å². The Labute approximate surface area is 175 Å². The Hall–Kier alpha value is -3.48. The van der Waals surface area contributed by atoms with Crippen molar-refractivity contribution >= 4 is 23.7 Å². The summed E-state index contributed by atoms with van der Waals surface area (Å²) in [6, 6.07) is 15.5. The first-order valence-corrected chi connectivity index (χ1v) is 9.92. The van der Waals surface area contributed by atoms with E-state index in [2.05, 4.69) is 0 Å². The highest BCUT2D eigenvalue weighted by Crippen LogP contribution is 2.23. The van der Waals surface area contributed by atoms with E-state index in [1.165, 1.54) is 0 Å². The molecular weight excluding hydrogens is 384 g/mol. The molecule has 0 fully saturated rings. The van der Waals surface area contributed by atoms with Gasteiger partial charge in [0.2, 0.25) is 12.0 Å². The van der Waals surface area contributed by atoms with Crippen molar-refractivity contribution in [2.75, 3.05) is 19.6 Å². The van der Waals surface area contributed by atoms with E-state index < -0.39 is 30.4 Å². The van der Waals surface area contributed by atoms with Crippen molar-refractivity contribution in [1.82, 2.24) is 9.80 Å². The second-order valence-electron chi connectivity index (χ2n) is 6.91. The minimum absolute atomic E-state index is 0.0374. The van der Waals surface area contributed by atoms with Crippen LogP contribution in [0.3, 0.4) is 0 Å². The van der Waals surface area contributed by atoms with Crippen LogP contribution in [-0.4, -0.2) is 53.1 Å². The lowest BCUT2D eigenvalue weighted by molar-refractivity contribution is -0.162. The molecule has 3 rings (SSSR count). The Bertz CT molecular complexity index is 953. The first-order valence-electron chi connectivity index (χ1n) is 9.92. The smallest absolute Gasteiger partial charge is 0.327 e. The lowest BCUT2D eigenvalue weighted by atomic mass is 9.98. The summed E-state index contributed by atoms with van der Waals surface area (Å²) < 4.78 is 5.49. The summed E-state index contributed by atoms with van der Waals surface area (Å²) in [5.41, 5.74) is 1.56. The number of amides is 3. The molecule has 0 saturated carbocycles. The van der Waals surface area contributed by atoms with E-state index in [1.807, 2.05) is 13.8 Å². The van der Waals surface area contributed by atoms with Gasteiger partial charge in [-0.2, -0.15) is 0 Å². The molecule has 7 nitrogen and oxygen atoms in total. The molecule has 0 aliphatic carbocycles. The topological polar surface area (TPSA) is 84.0 Å². The molecule has 0 saturated heterocycles. The van der Waals surface area contributed by atoms with Gasteiger partial charge in [-0.25, -0.2) is 0 Å². The van der Waals surface area contributed by atoms with Gasteiger partial charge in [0.15, 0.2) is 0 Å². The molecule has 0 N–H and O–H groups in total. The molecule has 2 aromatic rings. The largest absolute Gasteiger partial charge is 0.446 e.